The summed E-state index contributed by atoms with van der Waals surface area (Å²) in [6.45, 7) is 0. The molecule has 10 aromatic carbocycles. The second-order valence-corrected chi connectivity index (χ2v) is 17.9. The molecule has 2 atom stereocenters. The third-order valence-corrected chi connectivity index (χ3v) is 14.3. The van der Waals surface area contributed by atoms with Crippen LogP contribution in [-0.4, -0.2) is 6.04 Å². The van der Waals surface area contributed by atoms with E-state index in [2.05, 4.69) is 271 Å². The quantitative estimate of drug-likeness (QED) is 0.150. The van der Waals surface area contributed by atoms with Crippen LogP contribution in [0.15, 0.2) is 255 Å². The first-order valence-electron chi connectivity index (χ1n) is 23.2. The summed E-state index contributed by atoms with van der Waals surface area (Å²) < 4.78 is 0. The summed E-state index contributed by atoms with van der Waals surface area (Å²) in [6.07, 6.45) is 7.24. The van der Waals surface area contributed by atoms with Crippen LogP contribution in [0, 0.1) is 12.1 Å². The zero-order valence-corrected chi connectivity index (χ0v) is 36.8. The molecule has 3 aliphatic rings. The summed E-state index contributed by atoms with van der Waals surface area (Å²) >= 11 is 0. The molecular formula is C65H44N2. The lowest BCUT2D eigenvalue weighted by Crippen LogP contribution is -2.29. The molecule has 0 bridgehead atoms. The van der Waals surface area contributed by atoms with Crippen molar-refractivity contribution in [3.8, 4) is 22.3 Å². The Morgan fingerprint density at radius 1 is 0.478 bits per heavy atom. The molecule has 0 radical (unpaired) electrons. The minimum Gasteiger partial charge on any atom is -0.333 e. The van der Waals surface area contributed by atoms with Crippen molar-refractivity contribution < 1.29 is 0 Å². The van der Waals surface area contributed by atoms with Crippen molar-refractivity contribution >= 4 is 44.8 Å². The summed E-state index contributed by atoms with van der Waals surface area (Å²) in [5.41, 5.74) is 18.5. The molecule has 10 aromatic rings. The van der Waals surface area contributed by atoms with Crippen LogP contribution in [0.4, 0.5) is 28.4 Å². The topological polar surface area (TPSA) is 6.48 Å². The van der Waals surface area contributed by atoms with Gasteiger partial charge in [-0.25, -0.2) is 0 Å². The molecule has 0 fully saturated rings. The molecule has 13 rings (SSSR count). The summed E-state index contributed by atoms with van der Waals surface area (Å²) in [4.78, 5) is 4.94. The Morgan fingerprint density at radius 3 is 1.94 bits per heavy atom. The van der Waals surface area contributed by atoms with Crippen molar-refractivity contribution in [3.63, 3.8) is 0 Å². The third-order valence-electron chi connectivity index (χ3n) is 14.3. The van der Waals surface area contributed by atoms with Gasteiger partial charge in [-0.05, 0) is 139 Å². The summed E-state index contributed by atoms with van der Waals surface area (Å²) in [7, 11) is 0. The monoisotopic (exact) mass is 852 g/mol. The summed E-state index contributed by atoms with van der Waals surface area (Å²) in [6, 6.07) is 93.4. The molecule has 0 amide bonds. The number of fused-ring (bicyclic) bond motifs is 7. The Kier molecular flexibility index (Phi) is 9.15. The van der Waals surface area contributed by atoms with E-state index in [1.54, 1.807) is 0 Å². The second kappa shape index (κ2) is 15.8. The molecule has 0 N–H and O–H groups in total. The Bertz CT molecular complexity index is 3510. The minimum absolute atomic E-state index is 0.156. The highest BCUT2D eigenvalue weighted by Gasteiger charge is 2.47. The van der Waals surface area contributed by atoms with E-state index in [4.69, 9.17) is 0 Å². The van der Waals surface area contributed by atoms with E-state index >= 15 is 0 Å². The second-order valence-electron chi connectivity index (χ2n) is 17.9. The molecule has 314 valence electrons. The van der Waals surface area contributed by atoms with Crippen molar-refractivity contribution in [2.45, 2.75) is 17.4 Å². The molecule has 0 saturated heterocycles. The van der Waals surface area contributed by atoms with Gasteiger partial charge in [0.15, 0.2) is 0 Å². The smallest absolute Gasteiger partial charge is 0.0793 e. The Hall–Kier alpha value is -8.64. The van der Waals surface area contributed by atoms with Gasteiger partial charge in [-0.1, -0.05) is 194 Å². The number of rotatable bonds is 8. The highest BCUT2D eigenvalue weighted by atomic mass is 15.2. The number of para-hydroxylation sites is 2. The van der Waals surface area contributed by atoms with Gasteiger partial charge in [0.2, 0.25) is 0 Å². The predicted molar refractivity (Wildman–Crippen MR) is 278 cm³/mol. The zero-order chi connectivity index (χ0) is 44.3. The minimum atomic E-state index is -0.582. The van der Waals surface area contributed by atoms with Gasteiger partial charge in [-0.2, -0.15) is 0 Å². The molecule has 0 aromatic heterocycles. The van der Waals surface area contributed by atoms with Crippen LogP contribution in [-0.2, 0) is 5.41 Å². The molecule has 1 heterocycles. The fourth-order valence-electron chi connectivity index (χ4n) is 11.3. The van der Waals surface area contributed by atoms with Crippen LogP contribution in [0.3, 0.4) is 0 Å². The van der Waals surface area contributed by atoms with Crippen LogP contribution in [0.5, 0.6) is 0 Å². The molecule has 2 unspecified atom stereocenters. The van der Waals surface area contributed by atoms with E-state index < -0.39 is 5.41 Å². The lowest BCUT2D eigenvalue weighted by molar-refractivity contribution is 0.747. The normalized spacial score (nSPS) is 16.1. The number of anilines is 5. The Morgan fingerprint density at radius 2 is 1.13 bits per heavy atom. The predicted octanol–water partition coefficient (Wildman–Crippen LogP) is 16.2. The van der Waals surface area contributed by atoms with E-state index in [0.717, 1.165) is 28.2 Å². The molecule has 2 nitrogen and oxygen atoms in total. The van der Waals surface area contributed by atoms with Crippen LogP contribution >= 0.6 is 0 Å². The number of hydrogen-bond donors (Lipinski definition) is 0. The van der Waals surface area contributed by atoms with E-state index in [0.29, 0.717) is 0 Å². The van der Waals surface area contributed by atoms with Gasteiger partial charge in [0.1, 0.15) is 0 Å². The first-order valence-corrected chi connectivity index (χ1v) is 23.2. The van der Waals surface area contributed by atoms with Crippen molar-refractivity contribution in [1.29, 1.82) is 0 Å². The van der Waals surface area contributed by atoms with E-state index in [1.807, 2.05) is 6.07 Å². The number of allylic oxidation sites excluding steroid dienone is 2. The van der Waals surface area contributed by atoms with Crippen molar-refractivity contribution in [2.75, 3.05) is 9.80 Å². The van der Waals surface area contributed by atoms with Crippen LogP contribution in [0.2, 0.25) is 0 Å². The summed E-state index contributed by atoms with van der Waals surface area (Å²) in [5, 5.41) is 2.51. The molecule has 2 heteroatoms. The SMILES string of the molecule is c1ccc2c(c#1)C(c1ccccc1)(c1ccccc1)c1cc(N(c3ccccc3)c3cccc(-c4cccc(C5=CC6C(C=C5)c5ccccc5N6c5ccc6ccccc6c5)c4)c3)ccc1-2. The van der Waals surface area contributed by atoms with E-state index in [1.165, 1.54) is 72.2 Å². The van der Waals surface area contributed by atoms with Crippen molar-refractivity contribution in [3.05, 3.63) is 300 Å². The van der Waals surface area contributed by atoms with Crippen LogP contribution in [0.25, 0.3) is 38.6 Å². The molecule has 1 aliphatic heterocycles. The first kappa shape index (κ1) is 38.8. The molecule has 0 saturated carbocycles. The third kappa shape index (κ3) is 6.28. The number of hydrogen-bond acceptors (Lipinski definition) is 2. The molecule has 67 heavy (non-hydrogen) atoms. The largest absolute Gasteiger partial charge is 0.333 e. The molecule has 2 aliphatic carbocycles. The average Bonchev–Trinajstić information content (AvgIpc) is 3.90. The van der Waals surface area contributed by atoms with E-state index in [9.17, 15) is 0 Å². The van der Waals surface area contributed by atoms with Gasteiger partial charge >= 0.3 is 0 Å². The standard InChI is InChI=1S/C65H44N2/c1-4-23-51(24-5-1)65(52-25-6-2-7-26-52)61-32-14-12-30-57(61)58-39-37-56(44-62(58)65)66(53-27-8-3-9-28-53)54-29-17-22-49(42-54)46-20-16-21-47(40-46)50-35-38-60-59-31-13-15-33-63(59)67(64(60)43-50)55-36-34-45-18-10-11-19-48(45)41-55/h1-13,15-31,33-44,60,64H. The van der Waals surface area contributed by atoms with Crippen molar-refractivity contribution in [1.82, 2.24) is 0 Å². The van der Waals surface area contributed by atoms with Crippen LogP contribution in [0.1, 0.15) is 39.3 Å². The molecular weight excluding hydrogens is 809 g/mol. The zero-order valence-electron chi connectivity index (χ0n) is 36.8. The van der Waals surface area contributed by atoms with E-state index in [-0.39, 0.29) is 12.0 Å². The van der Waals surface area contributed by atoms with Gasteiger partial charge in [-0.15, -0.1) is 0 Å². The number of nitrogens with zero attached hydrogens (tertiary/aromatic N) is 2. The summed E-state index contributed by atoms with van der Waals surface area (Å²) in [5.74, 6) is 0.269. The van der Waals surface area contributed by atoms with Crippen LogP contribution < -0.4 is 9.80 Å². The van der Waals surface area contributed by atoms with Gasteiger partial charge in [0.05, 0.1) is 11.5 Å². The maximum Gasteiger partial charge on any atom is 0.0793 e. The van der Waals surface area contributed by atoms with Gasteiger partial charge in [0.25, 0.3) is 0 Å². The lowest BCUT2D eigenvalue weighted by atomic mass is 9.68. The number of benzene rings is 9. The maximum atomic E-state index is 3.63. The fourth-order valence-corrected chi connectivity index (χ4v) is 11.3. The highest BCUT2D eigenvalue weighted by Crippen LogP contribution is 2.57. The fraction of sp³-hybridized carbons (Fsp3) is 0.0462. The maximum absolute atomic E-state index is 3.63. The Balaban J connectivity index is 0.901. The van der Waals surface area contributed by atoms with Gasteiger partial charge in [-0.3, -0.25) is 0 Å². The average molecular weight is 853 g/mol. The lowest BCUT2D eigenvalue weighted by Gasteiger charge is -2.34. The molecule has 0 spiro atoms. The highest BCUT2D eigenvalue weighted by molar-refractivity contribution is 5.92. The first-order chi connectivity index (χ1) is 33.2. The van der Waals surface area contributed by atoms with Crippen molar-refractivity contribution in [2.24, 2.45) is 0 Å². The van der Waals surface area contributed by atoms with Gasteiger partial charge < -0.3 is 9.80 Å². The Labute approximate surface area is 392 Å². The van der Waals surface area contributed by atoms with Gasteiger partial charge in [0, 0.05) is 39.9 Å².